The summed E-state index contributed by atoms with van der Waals surface area (Å²) in [6.45, 7) is 4.10. The number of benzene rings is 1. The first-order chi connectivity index (χ1) is 8.47. The number of nitrogens with zero attached hydrogens (tertiary/aromatic N) is 1. The number of hydrogen-bond acceptors (Lipinski definition) is 2. The van der Waals surface area contributed by atoms with Crippen LogP contribution < -0.4 is 0 Å². The molecular formula is C14H16BrNOS. The minimum Gasteiger partial charge on any atom is -0.336 e. The van der Waals surface area contributed by atoms with E-state index in [0.717, 1.165) is 21.0 Å². The van der Waals surface area contributed by atoms with Crippen LogP contribution in [0, 0.1) is 0 Å². The maximum atomic E-state index is 12.5. The van der Waals surface area contributed by atoms with Gasteiger partial charge in [-0.3, -0.25) is 4.79 Å². The van der Waals surface area contributed by atoms with Gasteiger partial charge in [-0.05, 0) is 19.9 Å². The van der Waals surface area contributed by atoms with Crippen molar-refractivity contribution in [2.24, 2.45) is 0 Å². The number of rotatable bonds is 3. The Hall–Kier alpha value is -0.870. The van der Waals surface area contributed by atoms with E-state index in [9.17, 15) is 4.79 Å². The van der Waals surface area contributed by atoms with Gasteiger partial charge in [-0.1, -0.05) is 34.1 Å². The first kappa shape index (κ1) is 13.6. The minimum atomic E-state index is -0.194. The zero-order chi connectivity index (χ0) is 13.3. The summed E-state index contributed by atoms with van der Waals surface area (Å²) in [5, 5.41) is 3.75. The predicted molar refractivity (Wildman–Crippen MR) is 81.8 cm³/mol. The van der Waals surface area contributed by atoms with Gasteiger partial charge in [0.25, 0.3) is 5.91 Å². The molecule has 2 rings (SSSR count). The van der Waals surface area contributed by atoms with Gasteiger partial charge in [0.15, 0.2) is 0 Å². The Morgan fingerprint density at radius 2 is 2.06 bits per heavy atom. The monoisotopic (exact) mass is 325 g/mol. The van der Waals surface area contributed by atoms with Gasteiger partial charge in [0, 0.05) is 33.4 Å². The van der Waals surface area contributed by atoms with E-state index in [0.29, 0.717) is 0 Å². The van der Waals surface area contributed by atoms with E-state index in [1.807, 2.05) is 50.5 Å². The normalized spacial score (nSPS) is 11.8. The summed E-state index contributed by atoms with van der Waals surface area (Å²) >= 11 is 5.08. The van der Waals surface area contributed by atoms with Crippen molar-refractivity contribution in [3.05, 3.63) is 35.2 Å². The van der Waals surface area contributed by atoms with E-state index in [2.05, 4.69) is 15.9 Å². The van der Waals surface area contributed by atoms with Crippen LogP contribution in [0.25, 0.3) is 10.1 Å². The number of hydrogen-bond donors (Lipinski definition) is 0. The lowest BCUT2D eigenvalue weighted by Crippen LogP contribution is -2.46. The number of fused-ring (bicyclic) bond motifs is 1. The van der Waals surface area contributed by atoms with Crippen LogP contribution >= 0.6 is 27.3 Å². The number of amides is 1. The molecule has 96 valence electrons. The Balaban J connectivity index is 2.40. The molecule has 2 aromatic rings. The first-order valence-electron chi connectivity index (χ1n) is 5.78. The van der Waals surface area contributed by atoms with E-state index < -0.39 is 0 Å². The van der Waals surface area contributed by atoms with Crippen LogP contribution in [0.2, 0.25) is 0 Å². The number of carbonyl (C=O) groups is 1. The van der Waals surface area contributed by atoms with Crippen molar-refractivity contribution in [2.45, 2.75) is 19.4 Å². The SMILES string of the molecule is CN(C(=O)c1csc2ccccc12)C(C)(C)CBr. The van der Waals surface area contributed by atoms with Crippen LogP contribution in [0.3, 0.4) is 0 Å². The molecule has 0 radical (unpaired) electrons. The third kappa shape index (κ3) is 2.31. The Morgan fingerprint density at radius 1 is 1.39 bits per heavy atom. The Morgan fingerprint density at radius 3 is 2.72 bits per heavy atom. The van der Waals surface area contributed by atoms with Crippen molar-refractivity contribution in [1.29, 1.82) is 0 Å². The number of alkyl halides is 1. The second kappa shape index (κ2) is 5.02. The van der Waals surface area contributed by atoms with Gasteiger partial charge >= 0.3 is 0 Å². The molecule has 0 N–H and O–H groups in total. The van der Waals surface area contributed by atoms with Crippen LogP contribution in [-0.4, -0.2) is 28.7 Å². The molecule has 4 heteroatoms. The highest BCUT2D eigenvalue weighted by molar-refractivity contribution is 9.09. The third-order valence-corrected chi connectivity index (χ3v) is 5.59. The molecule has 18 heavy (non-hydrogen) atoms. The van der Waals surface area contributed by atoms with Gasteiger partial charge in [0.05, 0.1) is 5.56 Å². The van der Waals surface area contributed by atoms with Crippen molar-refractivity contribution in [2.75, 3.05) is 12.4 Å². The van der Waals surface area contributed by atoms with Crippen molar-refractivity contribution in [3.8, 4) is 0 Å². The van der Waals surface area contributed by atoms with Crippen LogP contribution in [0.1, 0.15) is 24.2 Å². The minimum absolute atomic E-state index is 0.0805. The molecule has 2 nitrogen and oxygen atoms in total. The molecule has 0 fully saturated rings. The van der Waals surface area contributed by atoms with Crippen LogP contribution in [0.5, 0.6) is 0 Å². The Bertz CT molecular complexity index is 576. The van der Waals surface area contributed by atoms with Crippen molar-refractivity contribution in [3.63, 3.8) is 0 Å². The van der Waals surface area contributed by atoms with Crippen molar-refractivity contribution in [1.82, 2.24) is 4.90 Å². The number of thiophene rings is 1. The molecule has 1 amide bonds. The second-order valence-electron chi connectivity index (χ2n) is 4.96. The maximum Gasteiger partial charge on any atom is 0.255 e. The molecule has 1 aromatic carbocycles. The zero-order valence-electron chi connectivity index (χ0n) is 10.7. The van der Waals surface area contributed by atoms with E-state index in [1.165, 1.54) is 0 Å². The largest absolute Gasteiger partial charge is 0.336 e. The summed E-state index contributed by atoms with van der Waals surface area (Å²) in [4.78, 5) is 14.3. The molecule has 0 saturated carbocycles. The fourth-order valence-corrected chi connectivity index (χ4v) is 3.00. The Labute approximate surface area is 120 Å². The fourth-order valence-electron chi connectivity index (χ4n) is 1.69. The molecule has 0 atom stereocenters. The van der Waals surface area contributed by atoms with Gasteiger partial charge in [-0.15, -0.1) is 11.3 Å². The standard InChI is InChI=1S/C14H16BrNOS/c1-14(2,9-15)16(3)13(17)11-8-18-12-7-5-4-6-10(11)12/h4-8H,9H2,1-3H3. The molecule has 1 heterocycles. The van der Waals surface area contributed by atoms with Gasteiger partial charge in [0.1, 0.15) is 0 Å². The second-order valence-corrected chi connectivity index (χ2v) is 6.43. The number of halogens is 1. The fraction of sp³-hybridized carbons (Fsp3) is 0.357. The molecule has 1 aromatic heterocycles. The average Bonchev–Trinajstić information content (AvgIpc) is 2.80. The van der Waals surface area contributed by atoms with Gasteiger partial charge in [0.2, 0.25) is 0 Å². The van der Waals surface area contributed by atoms with Gasteiger partial charge in [-0.2, -0.15) is 0 Å². The third-order valence-electron chi connectivity index (χ3n) is 3.25. The molecular weight excluding hydrogens is 310 g/mol. The highest BCUT2D eigenvalue weighted by Crippen LogP contribution is 2.28. The number of carbonyl (C=O) groups excluding carboxylic acids is 1. The van der Waals surface area contributed by atoms with E-state index in [1.54, 1.807) is 16.2 Å². The quantitative estimate of drug-likeness (QED) is 0.776. The molecule has 0 aliphatic carbocycles. The van der Waals surface area contributed by atoms with Gasteiger partial charge < -0.3 is 4.90 Å². The van der Waals surface area contributed by atoms with Gasteiger partial charge in [-0.25, -0.2) is 0 Å². The predicted octanol–water partition coefficient (Wildman–Crippen LogP) is 4.15. The smallest absolute Gasteiger partial charge is 0.255 e. The summed E-state index contributed by atoms with van der Waals surface area (Å²) in [6, 6.07) is 8.03. The molecule has 0 aliphatic heterocycles. The average molecular weight is 326 g/mol. The van der Waals surface area contributed by atoms with Crippen LogP contribution in [0.15, 0.2) is 29.6 Å². The molecule has 0 bridgehead atoms. The summed E-state index contributed by atoms with van der Waals surface area (Å²) in [6.07, 6.45) is 0. The van der Waals surface area contributed by atoms with E-state index >= 15 is 0 Å². The topological polar surface area (TPSA) is 20.3 Å². The lowest BCUT2D eigenvalue weighted by atomic mass is 10.0. The summed E-state index contributed by atoms with van der Waals surface area (Å²) in [5.74, 6) is 0.0805. The lowest BCUT2D eigenvalue weighted by molar-refractivity contribution is 0.0666. The summed E-state index contributed by atoms with van der Waals surface area (Å²) in [7, 11) is 1.86. The first-order valence-corrected chi connectivity index (χ1v) is 7.78. The molecule has 0 unspecified atom stereocenters. The van der Waals surface area contributed by atoms with Crippen LogP contribution in [0.4, 0.5) is 0 Å². The molecule has 0 saturated heterocycles. The van der Waals surface area contributed by atoms with E-state index in [-0.39, 0.29) is 11.4 Å². The van der Waals surface area contributed by atoms with E-state index in [4.69, 9.17) is 0 Å². The zero-order valence-corrected chi connectivity index (χ0v) is 13.1. The Kier molecular flexibility index (Phi) is 3.78. The molecule has 0 aliphatic rings. The molecule has 0 spiro atoms. The highest BCUT2D eigenvalue weighted by atomic mass is 79.9. The van der Waals surface area contributed by atoms with Crippen molar-refractivity contribution < 1.29 is 4.79 Å². The summed E-state index contributed by atoms with van der Waals surface area (Å²) < 4.78 is 1.16. The summed E-state index contributed by atoms with van der Waals surface area (Å²) in [5.41, 5.74) is 0.604. The maximum absolute atomic E-state index is 12.5. The lowest BCUT2D eigenvalue weighted by Gasteiger charge is -2.34. The van der Waals surface area contributed by atoms with Crippen molar-refractivity contribution >= 4 is 43.3 Å². The highest BCUT2D eigenvalue weighted by Gasteiger charge is 2.28. The van der Waals surface area contributed by atoms with Crippen LogP contribution in [-0.2, 0) is 0 Å².